The Morgan fingerprint density at radius 3 is 2.80 bits per heavy atom. The van der Waals surface area contributed by atoms with Crippen molar-refractivity contribution in [1.82, 2.24) is 10.1 Å². The largest absolute Gasteiger partial charge is 0.380 e. The molecule has 0 bridgehead atoms. The van der Waals surface area contributed by atoms with Gasteiger partial charge in [0.1, 0.15) is 5.60 Å². The summed E-state index contributed by atoms with van der Waals surface area (Å²) in [7, 11) is 0. The summed E-state index contributed by atoms with van der Waals surface area (Å²) in [6, 6.07) is 7.58. The summed E-state index contributed by atoms with van der Waals surface area (Å²) in [4.78, 5) is 4.35. The Labute approximate surface area is 126 Å². The molecule has 2 aromatic rings. The molecule has 20 heavy (non-hydrogen) atoms. The summed E-state index contributed by atoms with van der Waals surface area (Å²) in [5.74, 6) is 2.72. The van der Waals surface area contributed by atoms with E-state index in [1.807, 2.05) is 36.0 Å². The third-order valence-corrected chi connectivity index (χ3v) is 4.85. The molecule has 0 aliphatic carbocycles. The van der Waals surface area contributed by atoms with Crippen molar-refractivity contribution in [3.8, 4) is 0 Å². The van der Waals surface area contributed by atoms with Gasteiger partial charge in [-0.25, -0.2) is 0 Å². The molecule has 0 saturated carbocycles. The highest BCUT2D eigenvalue weighted by atomic mass is 35.5. The third-order valence-electron chi connectivity index (χ3n) is 3.49. The highest BCUT2D eigenvalue weighted by Gasteiger charge is 2.37. The molecule has 0 spiro atoms. The Hall–Kier alpha value is -1.04. The third kappa shape index (κ3) is 2.85. The lowest BCUT2D eigenvalue weighted by atomic mass is 9.97. The highest BCUT2D eigenvalue weighted by molar-refractivity contribution is 7.99. The van der Waals surface area contributed by atoms with Gasteiger partial charge in [0.2, 0.25) is 0 Å². The van der Waals surface area contributed by atoms with Crippen LogP contribution in [-0.2, 0) is 12.0 Å². The molecule has 2 heterocycles. The van der Waals surface area contributed by atoms with Crippen LogP contribution in [0.2, 0.25) is 5.02 Å². The van der Waals surface area contributed by atoms with Crippen molar-refractivity contribution in [3.63, 3.8) is 0 Å². The lowest BCUT2D eigenvalue weighted by Gasteiger charge is -2.27. The second-order valence-corrected chi connectivity index (χ2v) is 6.56. The van der Waals surface area contributed by atoms with E-state index in [2.05, 4.69) is 10.1 Å². The summed E-state index contributed by atoms with van der Waals surface area (Å²) in [6.07, 6.45) is 1.82. The van der Waals surface area contributed by atoms with Crippen molar-refractivity contribution in [2.45, 2.75) is 24.9 Å². The summed E-state index contributed by atoms with van der Waals surface area (Å²) < 4.78 is 5.26. The van der Waals surface area contributed by atoms with Gasteiger partial charge in [-0.05, 0) is 36.0 Å². The van der Waals surface area contributed by atoms with Crippen LogP contribution in [0.4, 0.5) is 0 Å². The minimum absolute atomic E-state index is 0.333. The number of thioether (sulfide) groups is 1. The minimum Gasteiger partial charge on any atom is -0.380 e. The second kappa shape index (κ2) is 5.76. The topological polar surface area (TPSA) is 59.2 Å². The van der Waals surface area contributed by atoms with Crippen LogP contribution >= 0.6 is 23.4 Å². The smallest absolute Gasteiger partial charge is 0.258 e. The van der Waals surface area contributed by atoms with E-state index < -0.39 is 5.60 Å². The molecule has 6 heteroatoms. The van der Waals surface area contributed by atoms with Crippen LogP contribution in [0.1, 0.15) is 30.1 Å². The molecule has 0 atom stereocenters. The molecular weight excluding hydrogens is 296 g/mol. The maximum absolute atomic E-state index is 10.5. The molecule has 1 N–H and O–H groups in total. The molecule has 1 aliphatic heterocycles. The van der Waals surface area contributed by atoms with E-state index in [9.17, 15) is 5.11 Å². The molecule has 3 rings (SSSR count). The number of nitrogens with zero attached hydrogens (tertiary/aromatic N) is 2. The van der Waals surface area contributed by atoms with Gasteiger partial charge in [-0.2, -0.15) is 16.7 Å². The highest BCUT2D eigenvalue weighted by Crippen LogP contribution is 2.34. The number of hydrogen-bond acceptors (Lipinski definition) is 5. The van der Waals surface area contributed by atoms with E-state index in [1.54, 1.807) is 0 Å². The fraction of sp³-hybridized carbons (Fsp3) is 0.429. The van der Waals surface area contributed by atoms with E-state index in [0.717, 1.165) is 17.1 Å². The van der Waals surface area contributed by atoms with Crippen LogP contribution in [0.25, 0.3) is 0 Å². The van der Waals surface area contributed by atoms with Gasteiger partial charge in [-0.1, -0.05) is 35.0 Å². The van der Waals surface area contributed by atoms with Crippen molar-refractivity contribution in [1.29, 1.82) is 0 Å². The van der Waals surface area contributed by atoms with E-state index in [0.29, 0.717) is 36.0 Å². The predicted molar refractivity (Wildman–Crippen MR) is 79.0 cm³/mol. The number of aliphatic hydroxyl groups is 1. The van der Waals surface area contributed by atoms with Crippen molar-refractivity contribution in [3.05, 3.63) is 46.6 Å². The monoisotopic (exact) mass is 310 g/mol. The molecule has 1 aromatic heterocycles. The Bertz CT molecular complexity index is 596. The number of benzene rings is 1. The molecule has 0 unspecified atom stereocenters. The Morgan fingerprint density at radius 2 is 2.05 bits per heavy atom. The van der Waals surface area contributed by atoms with Crippen LogP contribution in [0, 0.1) is 0 Å². The SMILES string of the molecule is OC1(c2nc(Cc3ccccc3Cl)no2)CCSCC1. The number of rotatable bonds is 3. The fourth-order valence-corrected chi connectivity index (χ4v) is 3.62. The maximum atomic E-state index is 10.5. The first-order valence-electron chi connectivity index (χ1n) is 6.54. The number of halogens is 1. The first kappa shape index (κ1) is 13.9. The van der Waals surface area contributed by atoms with Gasteiger partial charge in [-0.3, -0.25) is 0 Å². The predicted octanol–water partition coefficient (Wildman–Crippen LogP) is 3.03. The van der Waals surface area contributed by atoms with Crippen molar-refractivity contribution in [2.75, 3.05) is 11.5 Å². The van der Waals surface area contributed by atoms with Crippen LogP contribution < -0.4 is 0 Å². The van der Waals surface area contributed by atoms with Crippen LogP contribution in [0.3, 0.4) is 0 Å². The fourth-order valence-electron chi connectivity index (χ4n) is 2.25. The lowest BCUT2D eigenvalue weighted by Crippen LogP contribution is -2.30. The second-order valence-electron chi connectivity index (χ2n) is 4.93. The van der Waals surface area contributed by atoms with Gasteiger partial charge in [0, 0.05) is 11.4 Å². The van der Waals surface area contributed by atoms with Crippen molar-refractivity contribution in [2.24, 2.45) is 0 Å². The first-order valence-corrected chi connectivity index (χ1v) is 8.07. The van der Waals surface area contributed by atoms with E-state index >= 15 is 0 Å². The van der Waals surface area contributed by atoms with Crippen LogP contribution in [0.5, 0.6) is 0 Å². The van der Waals surface area contributed by atoms with Gasteiger partial charge in [0.05, 0.1) is 0 Å². The zero-order valence-corrected chi connectivity index (χ0v) is 12.5. The quantitative estimate of drug-likeness (QED) is 0.944. The van der Waals surface area contributed by atoms with Crippen molar-refractivity contribution < 1.29 is 9.63 Å². The van der Waals surface area contributed by atoms with E-state index in [4.69, 9.17) is 16.1 Å². The molecule has 1 aliphatic rings. The maximum Gasteiger partial charge on any atom is 0.258 e. The van der Waals surface area contributed by atoms with Gasteiger partial charge < -0.3 is 9.63 Å². The summed E-state index contributed by atoms with van der Waals surface area (Å²) in [6.45, 7) is 0. The summed E-state index contributed by atoms with van der Waals surface area (Å²) in [5.41, 5.74) is -0.00975. The molecular formula is C14H15ClN2O2S. The average molecular weight is 311 g/mol. The summed E-state index contributed by atoms with van der Waals surface area (Å²) in [5, 5.41) is 15.2. The molecule has 0 amide bonds. The molecule has 1 saturated heterocycles. The van der Waals surface area contributed by atoms with Gasteiger partial charge in [0.15, 0.2) is 5.82 Å². The van der Waals surface area contributed by atoms with Crippen molar-refractivity contribution >= 4 is 23.4 Å². The van der Waals surface area contributed by atoms with Gasteiger partial charge >= 0.3 is 0 Å². The average Bonchev–Trinajstić information content (AvgIpc) is 2.92. The Kier molecular flexibility index (Phi) is 4.01. The van der Waals surface area contributed by atoms with E-state index in [-0.39, 0.29) is 0 Å². The first-order chi connectivity index (χ1) is 9.67. The lowest BCUT2D eigenvalue weighted by molar-refractivity contribution is -0.00351. The van der Waals surface area contributed by atoms with Crippen LogP contribution in [-0.4, -0.2) is 26.8 Å². The zero-order valence-electron chi connectivity index (χ0n) is 10.9. The zero-order chi connectivity index (χ0) is 14.0. The van der Waals surface area contributed by atoms with E-state index in [1.165, 1.54) is 0 Å². The number of aromatic nitrogens is 2. The molecule has 106 valence electrons. The van der Waals surface area contributed by atoms with Gasteiger partial charge in [0.25, 0.3) is 5.89 Å². The van der Waals surface area contributed by atoms with Gasteiger partial charge in [-0.15, -0.1) is 0 Å². The standard InChI is InChI=1S/C14H15ClN2O2S/c15-11-4-2-1-3-10(11)9-12-16-13(19-17-12)14(18)5-7-20-8-6-14/h1-4,18H,5-9H2. The Balaban J connectivity index is 1.78. The van der Waals surface area contributed by atoms with Crippen LogP contribution in [0.15, 0.2) is 28.8 Å². The Morgan fingerprint density at radius 1 is 1.30 bits per heavy atom. The molecule has 0 radical (unpaired) electrons. The molecule has 1 aromatic carbocycles. The minimum atomic E-state index is -0.961. The number of hydrogen-bond donors (Lipinski definition) is 1. The summed E-state index contributed by atoms with van der Waals surface area (Å²) >= 11 is 7.95. The normalized spacial score (nSPS) is 18.1. The molecule has 4 nitrogen and oxygen atoms in total. The molecule has 1 fully saturated rings.